The van der Waals surface area contributed by atoms with Crippen molar-refractivity contribution in [1.29, 1.82) is 0 Å². The molecule has 0 fully saturated rings. The van der Waals surface area contributed by atoms with Crippen molar-refractivity contribution in [3.63, 3.8) is 0 Å². The number of aromatic nitrogens is 1. The topological polar surface area (TPSA) is 22.0 Å². The Morgan fingerprint density at radius 2 is 1.68 bits per heavy atom. The van der Waals surface area contributed by atoms with Crippen LogP contribution < -0.4 is 5.56 Å². The van der Waals surface area contributed by atoms with E-state index in [2.05, 4.69) is 19.9 Å². The van der Waals surface area contributed by atoms with Gasteiger partial charge in [0.2, 0.25) is 0 Å². The fourth-order valence-corrected chi connectivity index (χ4v) is 3.33. The minimum absolute atomic E-state index is 0.0775. The first-order valence-electron chi connectivity index (χ1n) is 6.39. The zero-order chi connectivity index (χ0) is 13.4. The fraction of sp³-hybridized carbons (Fsp3) is 0.188. The van der Waals surface area contributed by atoms with Gasteiger partial charge < -0.3 is 0 Å². The van der Waals surface area contributed by atoms with Gasteiger partial charge >= 0.3 is 0 Å². The van der Waals surface area contributed by atoms with Crippen LogP contribution in [-0.2, 0) is 0 Å². The number of hydrogen-bond acceptors (Lipinski definition) is 2. The molecule has 96 valence electrons. The van der Waals surface area contributed by atoms with Crippen LogP contribution in [0.25, 0.3) is 15.8 Å². The third kappa shape index (κ3) is 2.00. The Balaban J connectivity index is 2.31. The van der Waals surface area contributed by atoms with E-state index in [9.17, 15) is 4.79 Å². The first kappa shape index (κ1) is 12.2. The molecule has 0 unspecified atom stereocenters. The number of fused-ring (bicyclic) bond motifs is 1. The molecular formula is C16H15NOS. The molecule has 0 aliphatic rings. The Hall–Kier alpha value is -1.87. The summed E-state index contributed by atoms with van der Waals surface area (Å²) in [5.41, 5.74) is 2.29. The van der Waals surface area contributed by atoms with Crippen molar-refractivity contribution < 1.29 is 0 Å². The summed E-state index contributed by atoms with van der Waals surface area (Å²) >= 11 is 1.51. The first-order chi connectivity index (χ1) is 9.18. The molecule has 3 rings (SSSR count). The predicted molar refractivity (Wildman–Crippen MR) is 81.5 cm³/mol. The van der Waals surface area contributed by atoms with Crippen LogP contribution in [0.15, 0.2) is 53.3 Å². The molecular weight excluding hydrogens is 254 g/mol. The van der Waals surface area contributed by atoms with E-state index < -0.39 is 0 Å². The second kappa shape index (κ2) is 4.67. The molecule has 3 aromatic rings. The molecule has 0 saturated carbocycles. The standard InChI is InChI=1S/C16H15NOS/c1-11(2)12-7-3-5-9-14(12)17-16(18)13-8-4-6-10-15(13)19-17/h3-11H,1-2H3. The van der Waals surface area contributed by atoms with E-state index in [1.165, 1.54) is 17.1 Å². The molecule has 0 atom stereocenters. The second-order valence-electron chi connectivity index (χ2n) is 4.90. The van der Waals surface area contributed by atoms with Gasteiger partial charge in [-0.25, -0.2) is 3.96 Å². The van der Waals surface area contributed by atoms with Gasteiger partial charge in [-0.15, -0.1) is 0 Å². The fourth-order valence-electron chi connectivity index (χ4n) is 2.29. The first-order valence-corrected chi connectivity index (χ1v) is 7.16. The molecule has 3 heteroatoms. The minimum Gasteiger partial charge on any atom is -0.267 e. The summed E-state index contributed by atoms with van der Waals surface area (Å²) in [6.45, 7) is 4.30. The lowest BCUT2D eigenvalue weighted by Gasteiger charge is -2.11. The van der Waals surface area contributed by atoms with Crippen molar-refractivity contribution in [2.45, 2.75) is 19.8 Å². The normalized spacial score (nSPS) is 11.3. The van der Waals surface area contributed by atoms with Gasteiger partial charge in [-0.05, 0) is 29.7 Å². The molecule has 19 heavy (non-hydrogen) atoms. The molecule has 1 aromatic heterocycles. The minimum atomic E-state index is 0.0775. The lowest BCUT2D eigenvalue weighted by atomic mass is 10.0. The van der Waals surface area contributed by atoms with E-state index in [1.54, 1.807) is 3.96 Å². The molecule has 0 saturated heterocycles. The highest BCUT2D eigenvalue weighted by Crippen LogP contribution is 2.26. The molecule has 0 N–H and O–H groups in total. The monoisotopic (exact) mass is 269 g/mol. The van der Waals surface area contributed by atoms with Gasteiger partial charge in [-0.2, -0.15) is 0 Å². The maximum absolute atomic E-state index is 12.5. The third-order valence-corrected chi connectivity index (χ3v) is 4.37. The van der Waals surface area contributed by atoms with Crippen molar-refractivity contribution in [2.24, 2.45) is 0 Å². The van der Waals surface area contributed by atoms with Crippen LogP contribution >= 0.6 is 11.5 Å². The molecule has 0 bridgehead atoms. The van der Waals surface area contributed by atoms with Crippen LogP contribution in [0.2, 0.25) is 0 Å². The third-order valence-electron chi connectivity index (χ3n) is 3.27. The average molecular weight is 269 g/mol. The number of para-hydroxylation sites is 1. The van der Waals surface area contributed by atoms with E-state index in [4.69, 9.17) is 0 Å². The SMILES string of the molecule is CC(C)c1ccccc1-n1sc2ccccc2c1=O. The van der Waals surface area contributed by atoms with Gasteiger partial charge in [-0.3, -0.25) is 4.79 Å². The quantitative estimate of drug-likeness (QED) is 0.684. The largest absolute Gasteiger partial charge is 0.273 e. The van der Waals surface area contributed by atoms with Gasteiger partial charge in [0.25, 0.3) is 5.56 Å². The van der Waals surface area contributed by atoms with Crippen LogP contribution in [0.4, 0.5) is 0 Å². The number of benzene rings is 2. The van der Waals surface area contributed by atoms with E-state index >= 15 is 0 Å². The molecule has 2 nitrogen and oxygen atoms in total. The number of nitrogens with zero attached hydrogens (tertiary/aromatic N) is 1. The molecule has 0 amide bonds. The van der Waals surface area contributed by atoms with Crippen LogP contribution in [0.5, 0.6) is 0 Å². The summed E-state index contributed by atoms with van der Waals surface area (Å²) in [6, 6.07) is 15.9. The highest BCUT2D eigenvalue weighted by Gasteiger charge is 2.13. The van der Waals surface area contributed by atoms with Gasteiger partial charge in [-0.1, -0.05) is 55.7 Å². The Morgan fingerprint density at radius 3 is 2.42 bits per heavy atom. The van der Waals surface area contributed by atoms with E-state index in [-0.39, 0.29) is 5.56 Å². The van der Waals surface area contributed by atoms with E-state index in [1.807, 2.05) is 42.5 Å². The van der Waals surface area contributed by atoms with E-state index in [0.717, 1.165) is 15.8 Å². The van der Waals surface area contributed by atoms with Crippen molar-refractivity contribution in [2.75, 3.05) is 0 Å². The van der Waals surface area contributed by atoms with Crippen LogP contribution in [0, 0.1) is 0 Å². The summed E-state index contributed by atoms with van der Waals surface area (Å²) in [5, 5.41) is 0.797. The van der Waals surface area contributed by atoms with Crippen LogP contribution in [0.1, 0.15) is 25.3 Å². The highest BCUT2D eigenvalue weighted by atomic mass is 32.1. The zero-order valence-electron chi connectivity index (χ0n) is 11.0. The maximum Gasteiger partial charge on any atom is 0.273 e. The predicted octanol–water partition coefficient (Wildman–Crippen LogP) is 4.18. The Kier molecular flexibility index (Phi) is 2.99. The van der Waals surface area contributed by atoms with Crippen molar-refractivity contribution in [1.82, 2.24) is 3.96 Å². The lowest BCUT2D eigenvalue weighted by Crippen LogP contribution is -2.12. The molecule has 0 aliphatic carbocycles. The Bertz CT molecular complexity index is 783. The molecule has 2 aromatic carbocycles. The second-order valence-corrected chi connectivity index (χ2v) is 5.89. The van der Waals surface area contributed by atoms with Crippen molar-refractivity contribution >= 4 is 21.6 Å². The van der Waals surface area contributed by atoms with Gasteiger partial charge in [0.1, 0.15) is 0 Å². The Labute approximate surface area is 116 Å². The van der Waals surface area contributed by atoms with Crippen LogP contribution in [-0.4, -0.2) is 3.96 Å². The molecule has 0 radical (unpaired) electrons. The van der Waals surface area contributed by atoms with Crippen molar-refractivity contribution in [3.05, 3.63) is 64.4 Å². The molecule has 0 spiro atoms. The molecule has 0 aliphatic heterocycles. The van der Waals surface area contributed by atoms with Gasteiger partial charge in [0.05, 0.1) is 15.8 Å². The van der Waals surface area contributed by atoms with Crippen LogP contribution in [0.3, 0.4) is 0 Å². The lowest BCUT2D eigenvalue weighted by molar-refractivity contribution is 0.853. The summed E-state index contributed by atoms with van der Waals surface area (Å²) < 4.78 is 2.84. The molecule has 1 heterocycles. The summed E-state index contributed by atoms with van der Waals surface area (Å²) in [7, 11) is 0. The summed E-state index contributed by atoms with van der Waals surface area (Å²) in [6.07, 6.45) is 0. The van der Waals surface area contributed by atoms with E-state index in [0.29, 0.717) is 5.92 Å². The summed E-state index contributed by atoms with van der Waals surface area (Å²) in [4.78, 5) is 12.5. The summed E-state index contributed by atoms with van der Waals surface area (Å²) in [5.74, 6) is 0.397. The average Bonchev–Trinajstić information content (AvgIpc) is 2.76. The number of rotatable bonds is 2. The number of hydrogen-bond donors (Lipinski definition) is 0. The smallest absolute Gasteiger partial charge is 0.267 e. The van der Waals surface area contributed by atoms with Gasteiger partial charge in [0.15, 0.2) is 0 Å². The Morgan fingerprint density at radius 1 is 1.00 bits per heavy atom. The zero-order valence-corrected chi connectivity index (χ0v) is 11.8. The maximum atomic E-state index is 12.5. The van der Waals surface area contributed by atoms with Crippen molar-refractivity contribution in [3.8, 4) is 5.69 Å². The highest BCUT2D eigenvalue weighted by molar-refractivity contribution is 7.14. The van der Waals surface area contributed by atoms with Gasteiger partial charge in [0, 0.05) is 0 Å².